The van der Waals surface area contributed by atoms with Crippen LogP contribution in [0, 0.1) is 0 Å². The molecule has 0 aliphatic carbocycles. The first-order valence-electron chi connectivity index (χ1n) is 9.94. The molecule has 2 N–H and O–H groups in total. The maximum atomic E-state index is 10.8. The van der Waals surface area contributed by atoms with Crippen LogP contribution in [0.4, 0.5) is 0 Å². The maximum Gasteiger partial charge on any atom is 0.126 e. The minimum Gasteiger partial charge on any atom is -0.507 e. The average Bonchev–Trinajstić information content (AvgIpc) is 3.11. The third-order valence-corrected chi connectivity index (χ3v) is 6.90. The van der Waals surface area contributed by atoms with Crippen molar-refractivity contribution in [2.45, 2.75) is 51.5 Å². The van der Waals surface area contributed by atoms with Crippen molar-refractivity contribution in [3.63, 3.8) is 0 Å². The SMILES string of the molecule is C=C(C)c1cc(-c2csc(C3(N(C)C)CCNCC3)n2)cc(C(C)(C)C)c1O. The van der Waals surface area contributed by atoms with E-state index in [0.29, 0.717) is 5.75 Å². The Morgan fingerprint density at radius 3 is 2.43 bits per heavy atom. The van der Waals surface area contributed by atoms with Gasteiger partial charge in [0.1, 0.15) is 10.8 Å². The molecule has 0 spiro atoms. The highest BCUT2D eigenvalue weighted by Gasteiger charge is 2.38. The Kier molecular flexibility index (Phi) is 5.72. The number of thiazole rings is 1. The topological polar surface area (TPSA) is 48.4 Å². The van der Waals surface area contributed by atoms with Crippen LogP contribution in [0.25, 0.3) is 16.8 Å². The molecule has 152 valence electrons. The van der Waals surface area contributed by atoms with Crippen LogP contribution in [0.1, 0.15) is 56.7 Å². The second kappa shape index (κ2) is 7.62. The second-order valence-electron chi connectivity index (χ2n) is 9.16. The van der Waals surface area contributed by atoms with Crippen molar-refractivity contribution in [1.29, 1.82) is 0 Å². The molecular formula is C23H33N3OS. The quantitative estimate of drug-likeness (QED) is 0.761. The molecule has 1 fully saturated rings. The van der Waals surface area contributed by atoms with Gasteiger partial charge in [-0.05, 0) is 70.1 Å². The Bertz CT molecular complexity index is 870. The Hall–Kier alpha value is -1.69. The van der Waals surface area contributed by atoms with Crippen LogP contribution in [-0.2, 0) is 11.0 Å². The summed E-state index contributed by atoms with van der Waals surface area (Å²) in [6.07, 6.45) is 2.12. The van der Waals surface area contributed by atoms with E-state index in [2.05, 4.69) is 63.1 Å². The molecule has 1 aromatic heterocycles. The van der Waals surface area contributed by atoms with Gasteiger partial charge in [-0.15, -0.1) is 11.3 Å². The minimum absolute atomic E-state index is 0.00483. The summed E-state index contributed by atoms with van der Waals surface area (Å²) >= 11 is 1.74. The minimum atomic E-state index is -0.164. The summed E-state index contributed by atoms with van der Waals surface area (Å²) in [7, 11) is 4.31. The molecule has 5 heteroatoms. The highest BCUT2D eigenvalue weighted by atomic mass is 32.1. The van der Waals surface area contributed by atoms with Crippen molar-refractivity contribution >= 4 is 16.9 Å². The first-order chi connectivity index (χ1) is 13.1. The van der Waals surface area contributed by atoms with Crippen LogP contribution in [0.3, 0.4) is 0 Å². The van der Waals surface area contributed by atoms with E-state index in [9.17, 15) is 5.11 Å². The number of nitrogens with zero attached hydrogens (tertiary/aromatic N) is 2. The van der Waals surface area contributed by atoms with E-state index in [0.717, 1.165) is 53.9 Å². The molecule has 1 aliphatic rings. The molecule has 0 atom stereocenters. The van der Waals surface area contributed by atoms with Gasteiger partial charge < -0.3 is 10.4 Å². The first kappa shape index (κ1) is 21.0. The van der Waals surface area contributed by atoms with Crippen LogP contribution >= 0.6 is 11.3 Å². The molecule has 3 rings (SSSR count). The molecular weight excluding hydrogens is 366 g/mol. The lowest BCUT2D eigenvalue weighted by atomic mass is 9.83. The molecule has 1 aliphatic heterocycles. The summed E-state index contributed by atoms with van der Waals surface area (Å²) in [5.41, 5.74) is 4.46. The second-order valence-corrected chi connectivity index (χ2v) is 10.0. The molecule has 0 bridgehead atoms. The zero-order valence-electron chi connectivity index (χ0n) is 18.0. The van der Waals surface area contributed by atoms with E-state index in [1.54, 1.807) is 11.3 Å². The van der Waals surface area contributed by atoms with Crippen LogP contribution in [0.2, 0.25) is 0 Å². The van der Waals surface area contributed by atoms with Crippen LogP contribution in [0.5, 0.6) is 5.75 Å². The largest absolute Gasteiger partial charge is 0.507 e. The van der Waals surface area contributed by atoms with E-state index in [1.165, 1.54) is 5.01 Å². The lowest BCUT2D eigenvalue weighted by molar-refractivity contribution is 0.107. The van der Waals surface area contributed by atoms with E-state index in [4.69, 9.17) is 4.98 Å². The fourth-order valence-corrected chi connectivity index (χ4v) is 5.16. The number of aromatic hydroxyl groups is 1. The standard InChI is InChI=1S/C23H33N3OS/c1-15(2)17-12-16(13-18(20(17)27)22(3,4)5)19-14-28-21(25-19)23(26(6)7)8-10-24-11-9-23/h12-14,24,27H,1,8-11H2,2-7H3. The lowest BCUT2D eigenvalue weighted by Crippen LogP contribution is -2.49. The van der Waals surface area contributed by atoms with Crippen molar-refractivity contribution in [3.05, 3.63) is 40.2 Å². The van der Waals surface area contributed by atoms with Gasteiger partial charge >= 0.3 is 0 Å². The van der Waals surface area contributed by atoms with Crippen molar-refractivity contribution in [3.8, 4) is 17.0 Å². The molecule has 2 aromatic rings. The van der Waals surface area contributed by atoms with Crippen molar-refractivity contribution < 1.29 is 5.11 Å². The molecule has 0 unspecified atom stereocenters. The summed E-state index contributed by atoms with van der Waals surface area (Å²) in [5.74, 6) is 0.335. The fourth-order valence-electron chi connectivity index (χ4n) is 3.99. The van der Waals surface area contributed by atoms with Gasteiger partial charge in [0.05, 0.1) is 11.2 Å². The Morgan fingerprint density at radius 1 is 1.25 bits per heavy atom. The van der Waals surface area contributed by atoms with Crippen LogP contribution < -0.4 is 5.32 Å². The van der Waals surface area contributed by atoms with E-state index < -0.39 is 0 Å². The Balaban J connectivity index is 2.10. The normalized spacial score (nSPS) is 17.1. The summed E-state index contributed by atoms with van der Waals surface area (Å²) in [4.78, 5) is 7.42. The van der Waals surface area contributed by atoms with Gasteiger partial charge in [0.25, 0.3) is 0 Å². The average molecular weight is 400 g/mol. The van der Waals surface area contributed by atoms with E-state index >= 15 is 0 Å². The lowest BCUT2D eigenvalue weighted by Gasteiger charge is -2.41. The number of nitrogens with one attached hydrogen (secondary N) is 1. The molecule has 1 saturated heterocycles. The van der Waals surface area contributed by atoms with Crippen LogP contribution in [0.15, 0.2) is 24.1 Å². The van der Waals surface area contributed by atoms with Gasteiger partial charge in [-0.3, -0.25) is 4.90 Å². The number of hydrogen-bond donors (Lipinski definition) is 2. The van der Waals surface area contributed by atoms with Gasteiger partial charge in [0.2, 0.25) is 0 Å². The number of piperidine rings is 1. The summed E-state index contributed by atoms with van der Waals surface area (Å²) < 4.78 is 0. The van der Waals surface area contributed by atoms with Gasteiger partial charge in [-0.1, -0.05) is 27.4 Å². The number of phenols is 1. The number of phenolic OH excluding ortho intramolecular Hbond substituents is 1. The Morgan fingerprint density at radius 2 is 1.89 bits per heavy atom. The first-order valence-corrected chi connectivity index (χ1v) is 10.8. The third-order valence-electron chi connectivity index (χ3n) is 5.86. The maximum absolute atomic E-state index is 10.8. The monoisotopic (exact) mass is 399 g/mol. The zero-order chi connectivity index (χ0) is 20.7. The van der Waals surface area contributed by atoms with Gasteiger partial charge in [0.15, 0.2) is 0 Å². The number of rotatable bonds is 4. The number of aromatic nitrogens is 1. The number of benzene rings is 1. The van der Waals surface area contributed by atoms with Crippen molar-refractivity contribution in [2.24, 2.45) is 0 Å². The smallest absolute Gasteiger partial charge is 0.126 e. The van der Waals surface area contributed by atoms with Crippen molar-refractivity contribution in [2.75, 3.05) is 27.2 Å². The highest BCUT2D eigenvalue weighted by molar-refractivity contribution is 7.10. The zero-order valence-corrected chi connectivity index (χ0v) is 18.8. The highest BCUT2D eigenvalue weighted by Crippen LogP contribution is 2.42. The van der Waals surface area contributed by atoms with Crippen molar-refractivity contribution in [1.82, 2.24) is 15.2 Å². The summed E-state index contributed by atoms with van der Waals surface area (Å²) in [6.45, 7) is 14.4. The van der Waals surface area contributed by atoms with E-state index in [1.807, 2.05) is 13.0 Å². The van der Waals surface area contributed by atoms with Gasteiger partial charge in [-0.2, -0.15) is 0 Å². The molecule has 28 heavy (non-hydrogen) atoms. The van der Waals surface area contributed by atoms with E-state index in [-0.39, 0.29) is 11.0 Å². The van der Waals surface area contributed by atoms with Gasteiger partial charge in [-0.25, -0.2) is 4.98 Å². The summed E-state index contributed by atoms with van der Waals surface area (Å²) in [5, 5.41) is 17.6. The Labute approximate surface area is 173 Å². The molecule has 0 amide bonds. The third kappa shape index (κ3) is 3.76. The van der Waals surface area contributed by atoms with Gasteiger partial charge in [0, 0.05) is 22.1 Å². The molecule has 0 saturated carbocycles. The molecule has 2 heterocycles. The van der Waals surface area contributed by atoms with Crippen LogP contribution in [-0.4, -0.2) is 42.2 Å². The predicted octanol–water partition coefficient (Wildman–Crippen LogP) is 4.99. The molecule has 0 radical (unpaired) electrons. The molecule has 4 nitrogen and oxygen atoms in total. The predicted molar refractivity (Wildman–Crippen MR) is 120 cm³/mol. The number of hydrogen-bond acceptors (Lipinski definition) is 5. The number of allylic oxidation sites excluding steroid dienone is 1. The molecule has 1 aromatic carbocycles. The summed E-state index contributed by atoms with van der Waals surface area (Å²) in [6, 6.07) is 4.11. The fraction of sp³-hybridized carbons (Fsp3) is 0.522.